The van der Waals surface area contributed by atoms with Gasteiger partial charge in [-0.2, -0.15) is 0 Å². The van der Waals surface area contributed by atoms with E-state index in [0.29, 0.717) is 6.54 Å². The summed E-state index contributed by atoms with van der Waals surface area (Å²) in [6, 6.07) is 3.97. The van der Waals surface area contributed by atoms with E-state index in [1.165, 1.54) is 18.2 Å². The summed E-state index contributed by atoms with van der Waals surface area (Å²) >= 11 is 5.83. The average Bonchev–Trinajstić information content (AvgIpc) is 3.18. The average molecular weight is 396 g/mol. The zero-order chi connectivity index (χ0) is 19.8. The van der Waals surface area contributed by atoms with Crippen LogP contribution in [0.1, 0.15) is 50.4 Å². The molecule has 5 nitrogen and oxygen atoms in total. The number of nitrogens with zero attached hydrogens (tertiary/aromatic N) is 1. The number of amides is 2. The number of halogens is 2. The van der Waals surface area contributed by atoms with Gasteiger partial charge in [0.05, 0.1) is 6.54 Å². The Bertz CT molecular complexity index is 719. The molecule has 148 valence electrons. The molecule has 2 N–H and O–H groups in total. The molecular formula is C20H27ClFN3O2. The molecule has 1 aromatic carbocycles. The van der Waals surface area contributed by atoms with Gasteiger partial charge in [-0.15, -0.1) is 0 Å². The van der Waals surface area contributed by atoms with Crippen molar-refractivity contribution < 1.29 is 14.0 Å². The van der Waals surface area contributed by atoms with E-state index in [0.717, 1.165) is 32.4 Å². The fourth-order valence-electron chi connectivity index (χ4n) is 3.85. The molecule has 7 heteroatoms. The molecule has 0 unspecified atom stereocenters. The van der Waals surface area contributed by atoms with E-state index in [4.69, 9.17) is 11.6 Å². The lowest BCUT2D eigenvalue weighted by Gasteiger charge is -2.33. The predicted octanol–water partition coefficient (Wildman–Crippen LogP) is 2.98. The summed E-state index contributed by atoms with van der Waals surface area (Å²) in [6.45, 7) is 8.01. The number of benzene rings is 1. The fraction of sp³-hybridized carbons (Fsp3) is 0.600. The Morgan fingerprint density at radius 3 is 2.52 bits per heavy atom. The van der Waals surface area contributed by atoms with Crippen LogP contribution in [0.4, 0.5) is 4.39 Å². The van der Waals surface area contributed by atoms with Crippen molar-refractivity contribution in [2.45, 2.75) is 51.6 Å². The summed E-state index contributed by atoms with van der Waals surface area (Å²) in [4.78, 5) is 26.6. The maximum Gasteiger partial charge on any atom is 0.251 e. The summed E-state index contributed by atoms with van der Waals surface area (Å²) in [6.07, 6.45) is 2.83. The quantitative estimate of drug-likeness (QED) is 0.823. The van der Waals surface area contributed by atoms with Gasteiger partial charge in [0, 0.05) is 22.2 Å². The zero-order valence-corrected chi connectivity index (χ0v) is 16.8. The monoisotopic (exact) mass is 395 g/mol. The van der Waals surface area contributed by atoms with E-state index in [9.17, 15) is 14.0 Å². The Hall–Kier alpha value is -1.66. The van der Waals surface area contributed by atoms with Crippen LogP contribution in [0, 0.1) is 11.2 Å². The summed E-state index contributed by atoms with van der Waals surface area (Å²) in [7, 11) is 0. The molecule has 1 aromatic rings. The SMILES string of the molecule is CC(C)(C)NC(=O)CN1CCC2(CC1)C[C@H]2NC(=O)c1cc(F)cc(Cl)c1. The summed E-state index contributed by atoms with van der Waals surface area (Å²) in [5.41, 5.74) is 0.141. The maximum atomic E-state index is 13.4. The second-order valence-electron chi connectivity index (χ2n) is 8.82. The number of nitrogens with one attached hydrogen (secondary N) is 2. The minimum Gasteiger partial charge on any atom is -0.350 e. The molecular weight excluding hydrogens is 369 g/mol. The molecule has 27 heavy (non-hydrogen) atoms. The summed E-state index contributed by atoms with van der Waals surface area (Å²) in [5, 5.41) is 6.21. The third-order valence-corrected chi connectivity index (χ3v) is 5.57. The Kier molecular flexibility index (Phi) is 5.50. The lowest BCUT2D eigenvalue weighted by Crippen LogP contribution is -2.48. The van der Waals surface area contributed by atoms with Gasteiger partial charge in [0.2, 0.25) is 5.91 Å². The molecule has 0 bridgehead atoms. The van der Waals surface area contributed by atoms with Crippen LogP contribution in [0.25, 0.3) is 0 Å². The van der Waals surface area contributed by atoms with Crippen LogP contribution in [0.3, 0.4) is 0 Å². The zero-order valence-electron chi connectivity index (χ0n) is 16.1. The largest absolute Gasteiger partial charge is 0.350 e. The van der Waals surface area contributed by atoms with Crippen molar-refractivity contribution in [3.05, 3.63) is 34.6 Å². The van der Waals surface area contributed by atoms with Crippen molar-refractivity contribution in [1.29, 1.82) is 0 Å². The highest BCUT2D eigenvalue weighted by atomic mass is 35.5. The lowest BCUT2D eigenvalue weighted by atomic mass is 9.92. The van der Waals surface area contributed by atoms with E-state index in [1.807, 2.05) is 20.8 Å². The summed E-state index contributed by atoms with van der Waals surface area (Å²) in [5.74, 6) is -0.757. The van der Waals surface area contributed by atoms with Gasteiger partial charge in [-0.05, 0) is 76.7 Å². The topological polar surface area (TPSA) is 61.4 Å². The van der Waals surface area contributed by atoms with Crippen molar-refractivity contribution in [1.82, 2.24) is 15.5 Å². The molecule has 0 radical (unpaired) electrons. The molecule has 1 aliphatic heterocycles. The molecule has 1 spiro atoms. The first-order valence-corrected chi connectivity index (χ1v) is 9.74. The predicted molar refractivity (Wildman–Crippen MR) is 103 cm³/mol. The first kappa shape index (κ1) is 20.1. The first-order valence-electron chi connectivity index (χ1n) is 9.37. The molecule has 1 heterocycles. The number of rotatable bonds is 4. The van der Waals surface area contributed by atoms with Crippen LogP contribution in [-0.2, 0) is 4.79 Å². The third kappa shape index (κ3) is 5.20. The highest BCUT2D eigenvalue weighted by molar-refractivity contribution is 6.31. The summed E-state index contributed by atoms with van der Waals surface area (Å²) < 4.78 is 13.4. The van der Waals surface area contributed by atoms with Crippen LogP contribution in [0.15, 0.2) is 18.2 Å². The maximum absolute atomic E-state index is 13.4. The number of carbonyl (C=O) groups is 2. The van der Waals surface area contributed by atoms with Crippen LogP contribution in [0.5, 0.6) is 0 Å². The molecule has 1 saturated heterocycles. The molecule has 2 amide bonds. The number of piperidine rings is 1. The first-order chi connectivity index (χ1) is 12.6. The lowest BCUT2D eigenvalue weighted by molar-refractivity contribution is -0.124. The second kappa shape index (κ2) is 7.40. The minimum absolute atomic E-state index is 0.0436. The molecule has 2 aliphatic rings. The van der Waals surface area contributed by atoms with Crippen molar-refractivity contribution >= 4 is 23.4 Å². The van der Waals surface area contributed by atoms with E-state index >= 15 is 0 Å². The molecule has 3 rings (SSSR count). The van der Waals surface area contributed by atoms with Crippen molar-refractivity contribution in [2.24, 2.45) is 5.41 Å². The number of carbonyl (C=O) groups excluding carboxylic acids is 2. The van der Waals surface area contributed by atoms with Crippen LogP contribution >= 0.6 is 11.6 Å². The Morgan fingerprint density at radius 2 is 1.93 bits per heavy atom. The van der Waals surface area contributed by atoms with Crippen molar-refractivity contribution in [3.63, 3.8) is 0 Å². The minimum atomic E-state index is -0.514. The van der Waals surface area contributed by atoms with Crippen LogP contribution in [0.2, 0.25) is 5.02 Å². The van der Waals surface area contributed by atoms with Gasteiger partial charge < -0.3 is 10.6 Å². The Labute approximate surface area is 164 Å². The smallest absolute Gasteiger partial charge is 0.251 e. The number of likely N-dealkylation sites (tertiary alicyclic amines) is 1. The number of hydrogen-bond acceptors (Lipinski definition) is 3. The Morgan fingerprint density at radius 1 is 1.26 bits per heavy atom. The van der Waals surface area contributed by atoms with Crippen molar-refractivity contribution in [3.8, 4) is 0 Å². The molecule has 1 atom stereocenters. The third-order valence-electron chi connectivity index (χ3n) is 5.35. The fourth-order valence-corrected chi connectivity index (χ4v) is 4.07. The molecule has 1 aliphatic carbocycles. The highest BCUT2D eigenvalue weighted by Crippen LogP contribution is 2.53. The highest BCUT2D eigenvalue weighted by Gasteiger charge is 2.55. The standard InChI is InChI=1S/C20H27ClFN3O2/c1-19(2,3)24-17(26)12-25-6-4-20(5-7-25)11-16(20)23-18(27)13-8-14(21)10-15(22)9-13/h8-10,16H,4-7,11-12H2,1-3H3,(H,23,27)(H,24,26)/t16-/m1/s1. The van der Waals surface area contributed by atoms with Gasteiger partial charge in [-0.25, -0.2) is 4.39 Å². The molecule has 1 saturated carbocycles. The van der Waals surface area contributed by atoms with E-state index in [-0.39, 0.29) is 39.4 Å². The van der Waals surface area contributed by atoms with Crippen molar-refractivity contribution in [2.75, 3.05) is 19.6 Å². The van der Waals surface area contributed by atoms with E-state index < -0.39 is 5.82 Å². The molecule has 0 aromatic heterocycles. The van der Waals surface area contributed by atoms with Gasteiger partial charge in [0.1, 0.15) is 5.82 Å². The van der Waals surface area contributed by atoms with Crippen LogP contribution < -0.4 is 10.6 Å². The van der Waals surface area contributed by atoms with Crippen LogP contribution in [-0.4, -0.2) is 47.9 Å². The van der Waals surface area contributed by atoms with Gasteiger partial charge in [0.25, 0.3) is 5.91 Å². The normalized spacial score (nSPS) is 21.7. The van der Waals surface area contributed by atoms with E-state index in [1.54, 1.807) is 0 Å². The van der Waals surface area contributed by atoms with Gasteiger partial charge >= 0.3 is 0 Å². The van der Waals surface area contributed by atoms with Gasteiger partial charge in [-0.3, -0.25) is 14.5 Å². The van der Waals surface area contributed by atoms with Gasteiger partial charge in [-0.1, -0.05) is 11.6 Å². The Balaban J connectivity index is 1.48. The second-order valence-corrected chi connectivity index (χ2v) is 9.26. The molecule has 2 fully saturated rings. The van der Waals surface area contributed by atoms with E-state index in [2.05, 4.69) is 15.5 Å². The number of hydrogen-bond donors (Lipinski definition) is 2. The van der Waals surface area contributed by atoms with Gasteiger partial charge in [0.15, 0.2) is 0 Å².